The quantitative estimate of drug-likeness (QED) is 0.591. The summed E-state index contributed by atoms with van der Waals surface area (Å²) in [4.78, 5) is 16.3. The molecule has 5 heteroatoms. The summed E-state index contributed by atoms with van der Waals surface area (Å²) in [5.41, 5.74) is 1.16. The Bertz CT molecular complexity index is 395. The highest BCUT2D eigenvalue weighted by Gasteiger charge is 2.17. The number of carbonyl (C=O) groups is 1. The van der Waals surface area contributed by atoms with Crippen molar-refractivity contribution in [3.63, 3.8) is 0 Å². The lowest BCUT2D eigenvalue weighted by Gasteiger charge is -2.04. The first kappa shape index (κ1) is 11.3. The van der Waals surface area contributed by atoms with Crippen LogP contribution in [0, 0.1) is 0 Å². The van der Waals surface area contributed by atoms with Gasteiger partial charge in [-0.05, 0) is 6.07 Å². The average molecular weight is 239 g/mol. The maximum absolute atomic E-state index is 11.0. The Hall–Kier alpha value is -1.23. The van der Waals surface area contributed by atoms with Crippen LogP contribution in [0.3, 0.4) is 0 Å². The fraction of sp³-hybridized carbons (Fsp3) is 0.455. The second-order valence-corrected chi connectivity index (χ2v) is 4.50. The van der Waals surface area contributed by atoms with Crippen LogP contribution < -0.4 is 4.74 Å². The van der Waals surface area contributed by atoms with Crippen molar-refractivity contribution in [3.05, 3.63) is 17.8 Å². The van der Waals surface area contributed by atoms with Gasteiger partial charge in [0.15, 0.2) is 0 Å². The number of aromatic nitrogens is 1. The van der Waals surface area contributed by atoms with E-state index in [1.165, 1.54) is 7.11 Å². The van der Waals surface area contributed by atoms with Crippen LogP contribution in [0.4, 0.5) is 0 Å². The van der Waals surface area contributed by atoms with Gasteiger partial charge in [-0.25, -0.2) is 4.98 Å². The van der Waals surface area contributed by atoms with Crippen LogP contribution >= 0.6 is 11.8 Å². The van der Waals surface area contributed by atoms with E-state index in [-0.39, 0.29) is 5.97 Å². The zero-order valence-electron chi connectivity index (χ0n) is 9.06. The third kappa shape index (κ3) is 2.47. The van der Waals surface area contributed by atoms with Gasteiger partial charge in [0.05, 0.1) is 20.1 Å². The highest BCUT2D eigenvalue weighted by molar-refractivity contribution is 7.99. The second-order valence-electron chi connectivity index (χ2n) is 3.37. The van der Waals surface area contributed by atoms with E-state index in [0.29, 0.717) is 13.0 Å². The molecule has 0 unspecified atom stereocenters. The molecule has 0 bridgehead atoms. The summed E-state index contributed by atoms with van der Waals surface area (Å²) in [6.07, 6.45) is 3.08. The zero-order chi connectivity index (χ0) is 11.4. The average Bonchev–Trinajstić information content (AvgIpc) is 2.77. The molecule has 0 saturated carbocycles. The van der Waals surface area contributed by atoms with Crippen LogP contribution in [0.1, 0.15) is 12.0 Å². The number of nitrogens with zero attached hydrogens (tertiary/aromatic N) is 1. The van der Waals surface area contributed by atoms with E-state index in [2.05, 4.69) is 9.72 Å². The summed E-state index contributed by atoms with van der Waals surface area (Å²) < 4.78 is 9.96. The minimum absolute atomic E-state index is 0.172. The van der Waals surface area contributed by atoms with Crippen LogP contribution in [0.25, 0.3) is 0 Å². The third-order valence-electron chi connectivity index (χ3n) is 2.36. The van der Waals surface area contributed by atoms with Gasteiger partial charge in [-0.1, -0.05) is 0 Å². The number of hydrogen-bond acceptors (Lipinski definition) is 5. The lowest BCUT2D eigenvalue weighted by Crippen LogP contribution is -2.01. The van der Waals surface area contributed by atoms with Crippen molar-refractivity contribution in [1.29, 1.82) is 0 Å². The number of pyridine rings is 1. The van der Waals surface area contributed by atoms with Crippen molar-refractivity contribution >= 4 is 17.7 Å². The Labute approximate surface area is 98.3 Å². The van der Waals surface area contributed by atoms with Gasteiger partial charge in [0.25, 0.3) is 0 Å². The summed E-state index contributed by atoms with van der Waals surface area (Å²) in [6.45, 7) is 0.705. The highest BCUT2D eigenvalue weighted by atomic mass is 32.2. The molecule has 0 radical (unpaired) electrons. The van der Waals surface area contributed by atoms with Crippen LogP contribution in [-0.2, 0) is 16.0 Å². The summed E-state index contributed by atoms with van der Waals surface area (Å²) in [5, 5.41) is 0. The van der Waals surface area contributed by atoms with E-state index in [4.69, 9.17) is 4.74 Å². The molecule has 2 rings (SSSR count). The Kier molecular flexibility index (Phi) is 3.66. The van der Waals surface area contributed by atoms with Crippen molar-refractivity contribution in [3.8, 4) is 5.88 Å². The Morgan fingerprint density at radius 1 is 1.69 bits per heavy atom. The zero-order valence-corrected chi connectivity index (χ0v) is 9.88. The van der Waals surface area contributed by atoms with Gasteiger partial charge in [0.2, 0.25) is 5.88 Å². The molecule has 0 aliphatic carbocycles. The number of thioether (sulfide) groups is 1. The molecule has 0 aromatic carbocycles. The van der Waals surface area contributed by atoms with E-state index < -0.39 is 0 Å². The number of fused-ring (bicyclic) bond motifs is 1. The monoisotopic (exact) mass is 239 g/mol. The molecule has 0 fully saturated rings. The molecule has 1 aliphatic rings. The number of methoxy groups -OCH3 is 1. The number of rotatable bonds is 4. The Morgan fingerprint density at radius 3 is 3.38 bits per heavy atom. The predicted molar refractivity (Wildman–Crippen MR) is 60.8 cm³/mol. The standard InChI is InChI=1S/C11H13NO3S/c1-14-10(13)4-7-16-9-2-5-12-11-8(9)3-6-15-11/h2,5H,3-4,6-7H2,1H3. The minimum atomic E-state index is -0.172. The van der Waals surface area contributed by atoms with Crippen LogP contribution in [0.5, 0.6) is 5.88 Å². The van der Waals surface area contributed by atoms with Gasteiger partial charge in [-0.2, -0.15) is 0 Å². The predicted octanol–water partition coefficient (Wildman–Crippen LogP) is 1.67. The van der Waals surface area contributed by atoms with Crippen LogP contribution in [0.15, 0.2) is 17.2 Å². The first-order valence-electron chi connectivity index (χ1n) is 5.11. The second kappa shape index (κ2) is 5.21. The largest absolute Gasteiger partial charge is 0.477 e. The number of esters is 1. The van der Waals surface area contributed by atoms with Gasteiger partial charge in [-0.15, -0.1) is 11.8 Å². The smallest absolute Gasteiger partial charge is 0.306 e. The van der Waals surface area contributed by atoms with Gasteiger partial charge < -0.3 is 9.47 Å². The normalized spacial score (nSPS) is 13.1. The van der Waals surface area contributed by atoms with Crippen molar-refractivity contribution in [1.82, 2.24) is 4.98 Å². The van der Waals surface area contributed by atoms with E-state index in [1.807, 2.05) is 6.07 Å². The van der Waals surface area contributed by atoms with E-state index in [1.54, 1.807) is 18.0 Å². The molecule has 16 heavy (non-hydrogen) atoms. The third-order valence-corrected chi connectivity index (χ3v) is 3.46. The Morgan fingerprint density at radius 2 is 2.56 bits per heavy atom. The molecule has 0 atom stereocenters. The molecule has 0 amide bonds. The summed E-state index contributed by atoms with van der Waals surface area (Å²) in [6, 6.07) is 1.97. The fourth-order valence-electron chi connectivity index (χ4n) is 1.54. The SMILES string of the molecule is COC(=O)CCSc1ccnc2c1CCO2. The van der Waals surface area contributed by atoms with Gasteiger partial charge >= 0.3 is 5.97 Å². The van der Waals surface area contributed by atoms with Crippen molar-refractivity contribution in [2.75, 3.05) is 19.5 Å². The maximum Gasteiger partial charge on any atom is 0.306 e. The number of hydrogen-bond donors (Lipinski definition) is 0. The number of carbonyl (C=O) groups excluding carboxylic acids is 1. The molecule has 4 nitrogen and oxygen atoms in total. The molecule has 0 saturated heterocycles. The van der Waals surface area contributed by atoms with Gasteiger partial charge in [0, 0.05) is 28.8 Å². The molecule has 86 valence electrons. The lowest BCUT2D eigenvalue weighted by atomic mass is 10.2. The van der Waals surface area contributed by atoms with Gasteiger partial charge in [-0.3, -0.25) is 4.79 Å². The minimum Gasteiger partial charge on any atom is -0.477 e. The van der Waals surface area contributed by atoms with E-state index in [9.17, 15) is 4.79 Å². The first-order valence-corrected chi connectivity index (χ1v) is 6.10. The Balaban J connectivity index is 1.95. The summed E-state index contributed by atoms with van der Waals surface area (Å²) in [5.74, 6) is 1.29. The van der Waals surface area contributed by atoms with Crippen molar-refractivity contribution in [2.24, 2.45) is 0 Å². The molecular formula is C11H13NO3S. The molecular weight excluding hydrogens is 226 g/mol. The molecule has 1 aliphatic heterocycles. The lowest BCUT2D eigenvalue weighted by molar-refractivity contribution is -0.140. The molecule has 0 N–H and O–H groups in total. The van der Waals surface area contributed by atoms with Gasteiger partial charge in [0.1, 0.15) is 0 Å². The molecule has 1 aromatic rings. The topological polar surface area (TPSA) is 48.4 Å². The fourth-order valence-corrected chi connectivity index (χ4v) is 2.55. The van der Waals surface area contributed by atoms with E-state index >= 15 is 0 Å². The van der Waals surface area contributed by atoms with Crippen LogP contribution in [-0.4, -0.2) is 30.4 Å². The maximum atomic E-state index is 11.0. The van der Waals surface area contributed by atoms with Crippen molar-refractivity contribution in [2.45, 2.75) is 17.7 Å². The molecule has 2 heterocycles. The first-order chi connectivity index (χ1) is 7.81. The van der Waals surface area contributed by atoms with Crippen molar-refractivity contribution < 1.29 is 14.3 Å². The molecule has 0 spiro atoms. The highest BCUT2D eigenvalue weighted by Crippen LogP contribution is 2.32. The number of ether oxygens (including phenoxy) is 2. The molecule has 1 aromatic heterocycles. The summed E-state index contributed by atoms with van der Waals surface area (Å²) >= 11 is 1.65. The van der Waals surface area contributed by atoms with Crippen LogP contribution in [0.2, 0.25) is 0 Å². The summed E-state index contributed by atoms with van der Waals surface area (Å²) in [7, 11) is 1.41. The van der Waals surface area contributed by atoms with E-state index in [0.717, 1.165) is 28.5 Å².